The van der Waals surface area contributed by atoms with Crippen molar-refractivity contribution in [1.29, 1.82) is 0 Å². The summed E-state index contributed by atoms with van der Waals surface area (Å²) < 4.78 is 11.6. The fourth-order valence-electron chi connectivity index (χ4n) is 1.83. The van der Waals surface area contributed by atoms with Gasteiger partial charge >= 0.3 is 5.97 Å². The summed E-state index contributed by atoms with van der Waals surface area (Å²) in [6.07, 6.45) is 1.03. The average Bonchev–Trinajstić information content (AvgIpc) is 3.07. The van der Waals surface area contributed by atoms with Crippen LogP contribution in [-0.4, -0.2) is 41.3 Å². The second-order valence-corrected chi connectivity index (χ2v) is 5.78. The maximum atomic E-state index is 11.9. The highest BCUT2D eigenvalue weighted by molar-refractivity contribution is 7.11. The number of rotatable bonds is 7. The molecule has 2 aromatic heterocycles. The Bertz CT molecular complexity index is 606. The lowest BCUT2D eigenvalue weighted by Crippen LogP contribution is -2.12. The quantitative estimate of drug-likeness (QED) is 0.578. The molecule has 7 heteroatoms. The summed E-state index contributed by atoms with van der Waals surface area (Å²) >= 11 is 1.75. The second kappa shape index (κ2) is 7.33. The molecule has 0 bridgehead atoms. The molecule has 0 radical (unpaired) electrons. The highest BCUT2D eigenvalue weighted by Crippen LogP contribution is 2.18. The topological polar surface area (TPSA) is 66.2 Å². The lowest BCUT2D eigenvalue weighted by atomic mass is 10.3. The molecule has 0 amide bonds. The smallest absolute Gasteiger partial charge is 0.360 e. The molecule has 0 saturated heterocycles. The maximum Gasteiger partial charge on any atom is 0.360 e. The molecular formula is C14H19N3O3S. The van der Waals surface area contributed by atoms with E-state index in [1.165, 1.54) is 9.75 Å². The van der Waals surface area contributed by atoms with Crippen LogP contribution in [-0.2, 0) is 22.4 Å². The Labute approximate surface area is 127 Å². The van der Waals surface area contributed by atoms with Gasteiger partial charge in [-0.25, -0.2) is 9.48 Å². The van der Waals surface area contributed by atoms with E-state index in [1.54, 1.807) is 23.1 Å². The maximum absolute atomic E-state index is 11.9. The fraction of sp³-hybridized carbons (Fsp3) is 0.500. The van der Waals surface area contributed by atoms with E-state index in [-0.39, 0.29) is 12.3 Å². The van der Waals surface area contributed by atoms with Crippen LogP contribution in [0, 0.1) is 6.92 Å². The third-order valence-corrected chi connectivity index (χ3v) is 4.28. The largest absolute Gasteiger partial charge is 0.458 e. The Hall–Kier alpha value is -1.73. The van der Waals surface area contributed by atoms with Crippen molar-refractivity contribution < 1.29 is 14.3 Å². The van der Waals surface area contributed by atoms with Crippen LogP contribution >= 0.6 is 11.3 Å². The molecular weight excluding hydrogens is 290 g/mol. The molecule has 2 heterocycles. The van der Waals surface area contributed by atoms with Gasteiger partial charge in [0.2, 0.25) is 0 Å². The zero-order chi connectivity index (χ0) is 15.2. The van der Waals surface area contributed by atoms with E-state index in [0.717, 1.165) is 6.42 Å². The van der Waals surface area contributed by atoms with Crippen molar-refractivity contribution in [2.24, 2.45) is 0 Å². The van der Waals surface area contributed by atoms with Crippen molar-refractivity contribution in [2.75, 3.05) is 20.3 Å². The average molecular weight is 309 g/mol. The molecule has 0 saturated carbocycles. The number of esters is 1. The minimum atomic E-state index is -0.462. The van der Waals surface area contributed by atoms with Gasteiger partial charge in [0, 0.05) is 16.9 Å². The summed E-state index contributed by atoms with van der Waals surface area (Å²) in [7, 11) is 1.56. The van der Waals surface area contributed by atoms with Gasteiger partial charge in [0.25, 0.3) is 0 Å². The lowest BCUT2D eigenvalue weighted by Gasteiger charge is -2.03. The molecule has 0 aliphatic rings. The fourth-order valence-corrected chi connectivity index (χ4v) is 2.77. The molecule has 2 rings (SSSR count). The predicted molar refractivity (Wildman–Crippen MR) is 79.7 cm³/mol. The van der Waals surface area contributed by atoms with Gasteiger partial charge in [-0.2, -0.15) is 0 Å². The van der Waals surface area contributed by atoms with Crippen LogP contribution in [0.25, 0.3) is 0 Å². The molecule has 2 aromatic rings. The number of methoxy groups -OCH3 is 1. The third kappa shape index (κ3) is 3.89. The Morgan fingerprint density at radius 2 is 2.10 bits per heavy atom. The zero-order valence-corrected chi connectivity index (χ0v) is 13.3. The Morgan fingerprint density at radius 3 is 2.76 bits per heavy atom. The first kappa shape index (κ1) is 15.7. The van der Waals surface area contributed by atoms with Crippen LogP contribution in [0.2, 0.25) is 0 Å². The highest BCUT2D eigenvalue weighted by atomic mass is 32.1. The van der Waals surface area contributed by atoms with Crippen molar-refractivity contribution in [2.45, 2.75) is 26.8 Å². The number of aromatic nitrogens is 3. The van der Waals surface area contributed by atoms with E-state index in [4.69, 9.17) is 9.47 Å². The summed E-state index contributed by atoms with van der Waals surface area (Å²) in [5, 5.41) is 7.96. The number of hydrogen-bond acceptors (Lipinski definition) is 6. The van der Waals surface area contributed by atoms with Gasteiger partial charge in [-0.15, -0.1) is 16.4 Å². The van der Waals surface area contributed by atoms with Gasteiger partial charge < -0.3 is 9.47 Å². The molecule has 0 spiro atoms. The Morgan fingerprint density at radius 1 is 1.33 bits per heavy atom. The van der Waals surface area contributed by atoms with E-state index >= 15 is 0 Å². The number of carbonyl (C=O) groups is 1. The molecule has 114 valence electrons. The van der Waals surface area contributed by atoms with Crippen LogP contribution in [0.4, 0.5) is 0 Å². The highest BCUT2D eigenvalue weighted by Gasteiger charge is 2.18. The SMILES string of the molecule is CCc1ccc(Cn2nnc(C(=O)OCCOC)c2C)s1. The van der Waals surface area contributed by atoms with Crippen LogP contribution in [0.3, 0.4) is 0 Å². The van der Waals surface area contributed by atoms with Crippen LogP contribution < -0.4 is 0 Å². The van der Waals surface area contributed by atoms with E-state index in [1.807, 2.05) is 6.92 Å². The molecule has 0 aromatic carbocycles. The number of ether oxygens (including phenoxy) is 2. The number of carbonyl (C=O) groups excluding carboxylic acids is 1. The summed E-state index contributed by atoms with van der Waals surface area (Å²) in [6.45, 7) is 5.15. The summed E-state index contributed by atoms with van der Waals surface area (Å²) in [4.78, 5) is 14.4. The molecule has 21 heavy (non-hydrogen) atoms. The van der Waals surface area contributed by atoms with Crippen molar-refractivity contribution >= 4 is 17.3 Å². The van der Waals surface area contributed by atoms with Crippen molar-refractivity contribution in [3.05, 3.63) is 33.3 Å². The van der Waals surface area contributed by atoms with Crippen LogP contribution in [0.15, 0.2) is 12.1 Å². The summed E-state index contributed by atoms with van der Waals surface area (Å²) in [5.41, 5.74) is 0.974. The standard InChI is InChI=1S/C14H19N3O3S/c1-4-11-5-6-12(21-11)9-17-10(2)13(15-16-17)14(18)20-8-7-19-3/h5-6H,4,7-9H2,1-3H3. The molecule has 0 atom stereocenters. The lowest BCUT2D eigenvalue weighted by molar-refractivity contribution is 0.0380. The monoisotopic (exact) mass is 309 g/mol. The molecule has 6 nitrogen and oxygen atoms in total. The first-order chi connectivity index (χ1) is 10.2. The number of thiophene rings is 1. The first-order valence-corrected chi connectivity index (χ1v) is 7.61. The van der Waals surface area contributed by atoms with Gasteiger partial charge in [0.1, 0.15) is 6.61 Å². The molecule has 0 unspecified atom stereocenters. The molecule has 0 fully saturated rings. The normalized spacial score (nSPS) is 10.8. The van der Waals surface area contributed by atoms with Crippen LogP contribution in [0.1, 0.15) is 32.9 Å². The third-order valence-electron chi connectivity index (χ3n) is 3.07. The van der Waals surface area contributed by atoms with Gasteiger partial charge in [0.15, 0.2) is 5.69 Å². The number of aryl methyl sites for hydroxylation is 1. The number of hydrogen-bond donors (Lipinski definition) is 0. The number of nitrogens with zero attached hydrogens (tertiary/aromatic N) is 3. The van der Waals surface area contributed by atoms with Crippen LogP contribution in [0.5, 0.6) is 0 Å². The van der Waals surface area contributed by atoms with Gasteiger partial charge in [-0.05, 0) is 25.5 Å². The van der Waals surface area contributed by atoms with E-state index in [9.17, 15) is 4.79 Å². The minimum absolute atomic E-state index is 0.215. The van der Waals surface area contributed by atoms with Gasteiger partial charge in [0.05, 0.1) is 18.8 Å². The molecule has 0 aliphatic heterocycles. The van der Waals surface area contributed by atoms with Crippen molar-refractivity contribution in [1.82, 2.24) is 15.0 Å². The van der Waals surface area contributed by atoms with Gasteiger partial charge in [-0.1, -0.05) is 12.1 Å². The molecule has 0 N–H and O–H groups in total. The van der Waals surface area contributed by atoms with E-state index in [2.05, 4.69) is 29.4 Å². The summed E-state index contributed by atoms with van der Waals surface area (Å²) in [5.74, 6) is -0.462. The van der Waals surface area contributed by atoms with E-state index in [0.29, 0.717) is 18.8 Å². The Kier molecular flexibility index (Phi) is 5.46. The minimum Gasteiger partial charge on any atom is -0.458 e. The van der Waals surface area contributed by atoms with E-state index < -0.39 is 5.97 Å². The predicted octanol–water partition coefficient (Wildman–Crippen LogP) is 2.06. The summed E-state index contributed by atoms with van der Waals surface area (Å²) in [6, 6.07) is 4.20. The van der Waals surface area contributed by atoms with Crippen molar-refractivity contribution in [3.63, 3.8) is 0 Å². The second-order valence-electron chi connectivity index (χ2n) is 4.53. The molecule has 0 aliphatic carbocycles. The van der Waals surface area contributed by atoms with Gasteiger partial charge in [-0.3, -0.25) is 0 Å². The Balaban J connectivity index is 2.04. The zero-order valence-electron chi connectivity index (χ0n) is 12.5. The first-order valence-electron chi connectivity index (χ1n) is 6.79. The van der Waals surface area contributed by atoms with Crippen molar-refractivity contribution in [3.8, 4) is 0 Å².